The van der Waals surface area contributed by atoms with E-state index in [1.807, 2.05) is 0 Å². The number of hydrogen-bond donors (Lipinski definition) is 1. The van der Waals surface area contributed by atoms with E-state index in [0.717, 1.165) is 12.8 Å². The first-order valence-electron chi connectivity index (χ1n) is 3.09. The molecule has 9 heavy (non-hydrogen) atoms. The summed E-state index contributed by atoms with van der Waals surface area (Å²) in [6.45, 7) is 0. The monoisotopic (exact) mass is 135 g/mol. The van der Waals surface area contributed by atoms with Gasteiger partial charge in [-0.05, 0) is 24.7 Å². The summed E-state index contributed by atoms with van der Waals surface area (Å²) in [5.74, 6) is 0.231. The SMILES string of the molecule is FC1C(F)C2CCC12.N. The van der Waals surface area contributed by atoms with Gasteiger partial charge in [0.05, 0.1) is 0 Å². The molecule has 4 atom stereocenters. The molecule has 2 fully saturated rings. The minimum absolute atomic E-state index is 0. The largest absolute Gasteiger partial charge is 0.344 e. The van der Waals surface area contributed by atoms with Gasteiger partial charge in [-0.25, -0.2) is 8.78 Å². The first-order valence-corrected chi connectivity index (χ1v) is 3.09. The number of halogens is 2. The lowest BCUT2D eigenvalue weighted by atomic mass is 9.57. The van der Waals surface area contributed by atoms with Crippen LogP contribution in [0.5, 0.6) is 0 Å². The molecule has 2 rings (SSSR count). The minimum atomic E-state index is -1.10. The summed E-state index contributed by atoms with van der Waals surface area (Å²) < 4.78 is 24.5. The molecule has 3 heteroatoms. The standard InChI is InChI=1S/C6H8F2.H3N/c7-5-3-1-2-4(3)6(5)8;/h3-6H,1-2H2;1H3. The smallest absolute Gasteiger partial charge is 0.135 e. The van der Waals surface area contributed by atoms with Crippen LogP contribution in [0.3, 0.4) is 0 Å². The van der Waals surface area contributed by atoms with Gasteiger partial charge in [0, 0.05) is 0 Å². The van der Waals surface area contributed by atoms with Crippen LogP contribution in [0.4, 0.5) is 8.78 Å². The normalized spacial score (nSPS) is 54.0. The highest BCUT2D eigenvalue weighted by Gasteiger charge is 2.56. The van der Waals surface area contributed by atoms with E-state index in [2.05, 4.69) is 0 Å². The van der Waals surface area contributed by atoms with E-state index >= 15 is 0 Å². The Morgan fingerprint density at radius 3 is 1.33 bits per heavy atom. The predicted octanol–water partition coefficient (Wildman–Crippen LogP) is 1.86. The van der Waals surface area contributed by atoms with E-state index in [-0.39, 0.29) is 18.0 Å². The van der Waals surface area contributed by atoms with Gasteiger partial charge in [0.15, 0.2) is 0 Å². The highest BCUT2D eigenvalue weighted by Crippen LogP contribution is 2.53. The average Bonchev–Trinajstić information content (AvgIpc) is 1.64. The molecule has 2 aliphatic rings. The molecule has 3 N–H and O–H groups in total. The zero-order chi connectivity index (χ0) is 5.72. The van der Waals surface area contributed by atoms with Crippen LogP contribution in [0.15, 0.2) is 0 Å². The summed E-state index contributed by atoms with van der Waals surface area (Å²) in [4.78, 5) is 0. The summed E-state index contributed by atoms with van der Waals surface area (Å²) in [7, 11) is 0. The van der Waals surface area contributed by atoms with E-state index in [0.29, 0.717) is 0 Å². The molecule has 2 aliphatic carbocycles. The van der Waals surface area contributed by atoms with Gasteiger partial charge in [-0.15, -0.1) is 0 Å². The molecular weight excluding hydrogens is 124 g/mol. The van der Waals surface area contributed by atoms with Gasteiger partial charge >= 0.3 is 0 Å². The maximum atomic E-state index is 12.2. The molecule has 0 aromatic carbocycles. The van der Waals surface area contributed by atoms with Crippen LogP contribution in [-0.2, 0) is 0 Å². The molecular formula is C6H11F2N. The van der Waals surface area contributed by atoms with Crippen LogP contribution in [0.2, 0.25) is 0 Å². The van der Waals surface area contributed by atoms with Crippen molar-refractivity contribution in [3.63, 3.8) is 0 Å². The van der Waals surface area contributed by atoms with Crippen LogP contribution in [-0.4, -0.2) is 12.3 Å². The third kappa shape index (κ3) is 0.611. The molecule has 0 heterocycles. The Kier molecular flexibility index (Phi) is 1.47. The summed E-state index contributed by atoms with van der Waals surface area (Å²) in [5, 5.41) is 0. The van der Waals surface area contributed by atoms with Gasteiger partial charge < -0.3 is 6.15 Å². The Morgan fingerprint density at radius 1 is 0.889 bits per heavy atom. The van der Waals surface area contributed by atoms with Crippen molar-refractivity contribution in [2.24, 2.45) is 11.8 Å². The molecule has 0 amide bonds. The molecule has 0 bridgehead atoms. The third-order valence-corrected chi connectivity index (χ3v) is 2.51. The molecule has 0 aliphatic heterocycles. The third-order valence-electron chi connectivity index (χ3n) is 2.51. The molecule has 0 radical (unpaired) electrons. The Labute approximate surface area is 53.0 Å². The predicted molar refractivity (Wildman–Crippen MR) is 31.0 cm³/mol. The van der Waals surface area contributed by atoms with E-state index < -0.39 is 12.3 Å². The number of fused-ring (bicyclic) bond motifs is 1. The second-order valence-electron chi connectivity index (χ2n) is 2.79. The van der Waals surface area contributed by atoms with Crippen molar-refractivity contribution in [1.29, 1.82) is 0 Å². The van der Waals surface area contributed by atoms with Gasteiger partial charge in [0.1, 0.15) is 12.3 Å². The lowest BCUT2D eigenvalue weighted by Gasteiger charge is -2.51. The van der Waals surface area contributed by atoms with Crippen molar-refractivity contribution in [3.8, 4) is 0 Å². The first kappa shape index (κ1) is 6.93. The fraction of sp³-hybridized carbons (Fsp3) is 1.00. The Hall–Kier alpha value is -0.180. The fourth-order valence-corrected chi connectivity index (χ4v) is 1.67. The van der Waals surface area contributed by atoms with E-state index in [9.17, 15) is 8.78 Å². The Morgan fingerprint density at radius 2 is 1.22 bits per heavy atom. The summed E-state index contributed by atoms with van der Waals surface area (Å²) in [5.41, 5.74) is 0. The van der Waals surface area contributed by atoms with Crippen molar-refractivity contribution in [3.05, 3.63) is 0 Å². The van der Waals surface area contributed by atoms with Crippen LogP contribution in [0, 0.1) is 11.8 Å². The summed E-state index contributed by atoms with van der Waals surface area (Å²) in [6.07, 6.45) is -0.360. The molecule has 0 spiro atoms. The zero-order valence-corrected chi connectivity index (χ0v) is 5.19. The lowest BCUT2D eigenvalue weighted by molar-refractivity contribution is -0.128. The number of alkyl halides is 2. The van der Waals surface area contributed by atoms with Gasteiger partial charge in [-0.1, -0.05) is 0 Å². The zero-order valence-electron chi connectivity index (χ0n) is 5.19. The highest BCUT2D eigenvalue weighted by atomic mass is 19.2. The molecule has 54 valence electrons. The summed E-state index contributed by atoms with van der Waals surface area (Å²) in [6, 6.07) is 0. The van der Waals surface area contributed by atoms with E-state index in [4.69, 9.17) is 0 Å². The average molecular weight is 135 g/mol. The van der Waals surface area contributed by atoms with Crippen LogP contribution >= 0.6 is 0 Å². The molecule has 0 aromatic heterocycles. The Bertz CT molecular complexity index is 91.6. The van der Waals surface area contributed by atoms with Crippen molar-refractivity contribution in [2.45, 2.75) is 25.2 Å². The fourth-order valence-electron chi connectivity index (χ4n) is 1.67. The number of rotatable bonds is 0. The molecule has 0 aromatic rings. The Balaban J connectivity index is 0.000000405. The van der Waals surface area contributed by atoms with Crippen LogP contribution in [0.25, 0.3) is 0 Å². The van der Waals surface area contributed by atoms with Crippen molar-refractivity contribution >= 4 is 0 Å². The van der Waals surface area contributed by atoms with Gasteiger partial charge in [-0.3, -0.25) is 0 Å². The second kappa shape index (κ2) is 1.90. The van der Waals surface area contributed by atoms with E-state index in [1.54, 1.807) is 0 Å². The second-order valence-corrected chi connectivity index (χ2v) is 2.79. The van der Waals surface area contributed by atoms with E-state index in [1.165, 1.54) is 0 Å². The van der Waals surface area contributed by atoms with Gasteiger partial charge in [0.25, 0.3) is 0 Å². The maximum Gasteiger partial charge on any atom is 0.135 e. The number of hydrogen-bond acceptors (Lipinski definition) is 1. The summed E-state index contributed by atoms with van der Waals surface area (Å²) >= 11 is 0. The molecule has 0 saturated heterocycles. The van der Waals surface area contributed by atoms with Crippen LogP contribution < -0.4 is 6.15 Å². The van der Waals surface area contributed by atoms with Crippen LogP contribution in [0.1, 0.15) is 12.8 Å². The lowest BCUT2D eigenvalue weighted by Crippen LogP contribution is -2.56. The van der Waals surface area contributed by atoms with Gasteiger partial charge in [-0.2, -0.15) is 0 Å². The quantitative estimate of drug-likeness (QED) is 0.540. The van der Waals surface area contributed by atoms with Crippen molar-refractivity contribution < 1.29 is 8.78 Å². The van der Waals surface area contributed by atoms with Crippen molar-refractivity contribution in [1.82, 2.24) is 6.15 Å². The minimum Gasteiger partial charge on any atom is -0.344 e. The van der Waals surface area contributed by atoms with Gasteiger partial charge in [0.2, 0.25) is 0 Å². The highest BCUT2D eigenvalue weighted by molar-refractivity contribution is 5.04. The molecule has 4 unspecified atom stereocenters. The maximum absolute atomic E-state index is 12.2. The molecule has 2 saturated carbocycles. The topological polar surface area (TPSA) is 35.0 Å². The molecule has 1 nitrogen and oxygen atoms in total. The van der Waals surface area contributed by atoms with Crippen molar-refractivity contribution in [2.75, 3.05) is 0 Å². The first-order chi connectivity index (χ1) is 3.80.